The van der Waals surface area contributed by atoms with Crippen LogP contribution in [-0.4, -0.2) is 27.9 Å². The van der Waals surface area contributed by atoms with E-state index < -0.39 is 0 Å². The first-order chi connectivity index (χ1) is 16.1. The first-order valence-corrected chi connectivity index (χ1v) is 11.1. The van der Waals surface area contributed by atoms with Crippen molar-refractivity contribution in [1.29, 1.82) is 0 Å². The van der Waals surface area contributed by atoms with Crippen molar-refractivity contribution in [3.63, 3.8) is 0 Å². The molecular formula is C28H31NO4. The molecule has 0 spiro atoms. The number of hydrogen-bond donors (Lipinski definition) is 1. The van der Waals surface area contributed by atoms with Crippen LogP contribution < -0.4 is 24.3 Å². The molecule has 5 nitrogen and oxygen atoms in total. The summed E-state index contributed by atoms with van der Waals surface area (Å²) in [5.41, 5.74) is 5.68. The molecule has 1 heterocycles. The second-order valence-electron chi connectivity index (χ2n) is 8.08. The van der Waals surface area contributed by atoms with Crippen LogP contribution in [0.4, 0.5) is 0 Å². The Kier molecular flexibility index (Phi) is 7.20. The van der Waals surface area contributed by atoms with Gasteiger partial charge in [-0.05, 0) is 53.8 Å². The van der Waals surface area contributed by atoms with Gasteiger partial charge < -0.3 is 24.3 Å². The lowest BCUT2D eigenvalue weighted by atomic mass is 9.92. The minimum absolute atomic E-state index is 0.0675. The Morgan fingerprint density at radius 3 is 2.36 bits per heavy atom. The van der Waals surface area contributed by atoms with Gasteiger partial charge in [0.25, 0.3) is 0 Å². The monoisotopic (exact) mass is 445 g/mol. The smallest absolute Gasteiger partial charge is 0.161 e. The van der Waals surface area contributed by atoms with E-state index in [1.165, 1.54) is 11.1 Å². The summed E-state index contributed by atoms with van der Waals surface area (Å²) in [4.78, 5) is 0. The zero-order valence-electron chi connectivity index (χ0n) is 19.7. The fraction of sp³-hybridized carbons (Fsp3) is 0.286. The molecule has 0 amide bonds. The van der Waals surface area contributed by atoms with E-state index in [9.17, 15) is 0 Å². The van der Waals surface area contributed by atoms with Gasteiger partial charge in [-0.15, -0.1) is 0 Å². The summed E-state index contributed by atoms with van der Waals surface area (Å²) in [7, 11) is 5.03. The lowest BCUT2D eigenvalue weighted by Gasteiger charge is -2.26. The van der Waals surface area contributed by atoms with Crippen molar-refractivity contribution in [3.05, 3.63) is 88.5 Å². The van der Waals surface area contributed by atoms with E-state index in [1.54, 1.807) is 21.3 Å². The second kappa shape index (κ2) is 10.5. The van der Waals surface area contributed by atoms with Gasteiger partial charge in [0.2, 0.25) is 0 Å². The number of fused-ring (bicyclic) bond motifs is 1. The van der Waals surface area contributed by atoms with Gasteiger partial charge in [0.1, 0.15) is 18.1 Å². The fourth-order valence-corrected chi connectivity index (χ4v) is 4.19. The van der Waals surface area contributed by atoms with Gasteiger partial charge in [0, 0.05) is 18.2 Å². The molecule has 3 aromatic carbocycles. The average Bonchev–Trinajstić information content (AvgIpc) is 2.86. The molecule has 1 aliphatic rings. The molecule has 3 aromatic rings. The molecule has 1 unspecified atom stereocenters. The van der Waals surface area contributed by atoms with E-state index in [4.69, 9.17) is 18.9 Å². The Labute approximate surface area is 196 Å². The van der Waals surface area contributed by atoms with Crippen molar-refractivity contribution in [2.45, 2.75) is 26.0 Å². The van der Waals surface area contributed by atoms with Crippen molar-refractivity contribution in [1.82, 2.24) is 5.32 Å². The van der Waals surface area contributed by atoms with Crippen LogP contribution in [0.15, 0.2) is 60.7 Å². The molecule has 1 atom stereocenters. The first kappa shape index (κ1) is 22.7. The van der Waals surface area contributed by atoms with E-state index in [0.29, 0.717) is 6.61 Å². The highest BCUT2D eigenvalue weighted by molar-refractivity contribution is 5.62. The van der Waals surface area contributed by atoms with Gasteiger partial charge in [-0.2, -0.15) is 0 Å². The molecule has 0 radical (unpaired) electrons. The third-order valence-corrected chi connectivity index (χ3v) is 5.97. The molecular weight excluding hydrogens is 414 g/mol. The Morgan fingerprint density at radius 2 is 1.64 bits per heavy atom. The Morgan fingerprint density at radius 1 is 0.879 bits per heavy atom. The standard InChI is InChI=1S/C28H31NO4/c1-19-14-22(26(31-3)17-25(19)30-2)10-11-24-23-16-27(32-4)28(15-21(23)12-13-29-24)33-18-20-8-6-5-7-9-20/h5-11,14-17,24,29H,12-13,18H2,1-4H3/b11-10+. The average molecular weight is 446 g/mol. The number of aryl methyl sites for hydroxylation is 1. The van der Waals surface area contributed by atoms with Gasteiger partial charge in [0.15, 0.2) is 11.5 Å². The maximum Gasteiger partial charge on any atom is 0.161 e. The van der Waals surface area contributed by atoms with Crippen molar-refractivity contribution in [3.8, 4) is 23.0 Å². The molecule has 0 bridgehead atoms. The van der Waals surface area contributed by atoms with Crippen molar-refractivity contribution >= 4 is 6.08 Å². The first-order valence-electron chi connectivity index (χ1n) is 11.1. The molecule has 0 aliphatic carbocycles. The summed E-state index contributed by atoms with van der Waals surface area (Å²) >= 11 is 0. The highest BCUT2D eigenvalue weighted by Gasteiger charge is 2.21. The molecule has 172 valence electrons. The fourth-order valence-electron chi connectivity index (χ4n) is 4.19. The van der Waals surface area contributed by atoms with Gasteiger partial charge in [-0.1, -0.05) is 42.5 Å². The highest BCUT2D eigenvalue weighted by Crippen LogP contribution is 2.37. The molecule has 1 N–H and O–H groups in total. The SMILES string of the molecule is COc1cc(OC)c(/C=C/C2NCCc3cc(OCc4ccccc4)c(OC)cc32)cc1C. The third kappa shape index (κ3) is 5.15. The maximum atomic E-state index is 6.12. The molecule has 1 aliphatic heterocycles. The summed E-state index contributed by atoms with van der Waals surface area (Å²) in [6.07, 6.45) is 5.21. The van der Waals surface area contributed by atoms with Gasteiger partial charge in [-0.25, -0.2) is 0 Å². The quantitative estimate of drug-likeness (QED) is 0.496. The summed E-state index contributed by atoms with van der Waals surface area (Å²) in [6.45, 7) is 3.44. The molecule has 0 saturated carbocycles. The van der Waals surface area contributed by atoms with E-state index in [1.807, 2.05) is 31.2 Å². The second-order valence-corrected chi connectivity index (χ2v) is 8.08. The predicted molar refractivity (Wildman–Crippen MR) is 132 cm³/mol. The van der Waals surface area contributed by atoms with Crippen molar-refractivity contribution in [2.24, 2.45) is 0 Å². The largest absolute Gasteiger partial charge is 0.496 e. The van der Waals surface area contributed by atoms with Crippen LogP contribution in [0, 0.1) is 6.92 Å². The lowest BCUT2D eigenvalue weighted by Crippen LogP contribution is -2.28. The zero-order valence-corrected chi connectivity index (χ0v) is 19.7. The van der Waals surface area contributed by atoms with Gasteiger partial charge in [-0.3, -0.25) is 0 Å². The van der Waals surface area contributed by atoms with Crippen LogP contribution in [0.2, 0.25) is 0 Å². The zero-order chi connectivity index (χ0) is 23.2. The summed E-state index contributed by atoms with van der Waals surface area (Å²) in [5.74, 6) is 3.12. The van der Waals surface area contributed by atoms with Crippen LogP contribution in [0.25, 0.3) is 6.08 Å². The van der Waals surface area contributed by atoms with E-state index in [-0.39, 0.29) is 6.04 Å². The normalized spacial score (nSPS) is 15.2. The number of hydrogen-bond acceptors (Lipinski definition) is 5. The summed E-state index contributed by atoms with van der Waals surface area (Å²) < 4.78 is 22.8. The predicted octanol–water partition coefficient (Wildman–Crippen LogP) is 5.50. The summed E-state index contributed by atoms with van der Waals surface area (Å²) in [6, 6.07) is 18.5. The lowest BCUT2D eigenvalue weighted by molar-refractivity contribution is 0.283. The van der Waals surface area contributed by atoms with Gasteiger partial charge in [0.05, 0.1) is 27.4 Å². The Hall–Kier alpha value is -3.44. The van der Waals surface area contributed by atoms with Gasteiger partial charge >= 0.3 is 0 Å². The minimum atomic E-state index is 0.0675. The van der Waals surface area contributed by atoms with E-state index in [0.717, 1.165) is 52.7 Å². The highest BCUT2D eigenvalue weighted by atomic mass is 16.5. The topological polar surface area (TPSA) is 49.0 Å². The van der Waals surface area contributed by atoms with Crippen molar-refractivity contribution < 1.29 is 18.9 Å². The van der Waals surface area contributed by atoms with Crippen LogP contribution in [0.5, 0.6) is 23.0 Å². The molecule has 0 fully saturated rings. The summed E-state index contributed by atoms with van der Waals surface area (Å²) in [5, 5.41) is 3.60. The molecule has 0 aromatic heterocycles. The molecule has 33 heavy (non-hydrogen) atoms. The third-order valence-electron chi connectivity index (χ3n) is 5.97. The Bertz CT molecular complexity index is 1120. The number of benzene rings is 3. The minimum Gasteiger partial charge on any atom is -0.496 e. The van der Waals surface area contributed by atoms with Crippen LogP contribution in [0.1, 0.15) is 33.9 Å². The Balaban J connectivity index is 1.59. The van der Waals surface area contributed by atoms with Crippen LogP contribution >= 0.6 is 0 Å². The van der Waals surface area contributed by atoms with E-state index >= 15 is 0 Å². The van der Waals surface area contributed by atoms with Crippen LogP contribution in [-0.2, 0) is 13.0 Å². The molecule has 0 saturated heterocycles. The number of ether oxygens (including phenoxy) is 4. The van der Waals surface area contributed by atoms with Crippen LogP contribution in [0.3, 0.4) is 0 Å². The van der Waals surface area contributed by atoms with Crippen molar-refractivity contribution in [2.75, 3.05) is 27.9 Å². The van der Waals surface area contributed by atoms with E-state index in [2.05, 4.69) is 47.8 Å². The number of methoxy groups -OCH3 is 3. The number of rotatable bonds is 8. The molecule has 5 heteroatoms. The maximum absolute atomic E-state index is 6.12. The number of nitrogens with one attached hydrogen (secondary N) is 1. The molecule has 4 rings (SSSR count).